The van der Waals surface area contributed by atoms with Crippen molar-refractivity contribution in [3.05, 3.63) is 48.2 Å². The molecule has 1 aromatic carbocycles. The Kier molecular flexibility index (Phi) is 3.52. The van der Waals surface area contributed by atoms with Gasteiger partial charge in [0.2, 0.25) is 5.91 Å². The summed E-state index contributed by atoms with van der Waals surface area (Å²) >= 11 is 0. The maximum atomic E-state index is 11.8. The van der Waals surface area contributed by atoms with Crippen LogP contribution in [0, 0.1) is 0 Å². The fourth-order valence-electron chi connectivity index (χ4n) is 1.54. The molecular formula is C13H13N3O2. The quantitative estimate of drug-likeness (QED) is 0.655. The van der Waals surface area contributed by atoms with E-state index in [-0.39, 0.29) is 18.1 Å². The van der Waals surface area contributed by atoms with Crippen LogP contribution in [0.3, 0.4) is 0 Å². The molecule has 2 rings (SSSR count). The van der Waals surface area contributed by atoms with Gasteiger partial charge < -0.3 is 5.32 Å². The van der Waals surface area contributed by atoms with Crippen molar-refractivity contribution in [1.82, 2.24) is 9.78 Å². The number of anilines is 1. The zero-order valence-corrected chi connectivity index (χ0v) is 9.96. The van der Waals surface area contributed by atoms with Crippen LogP contribution >= 0.6 is 0 Å². The minimum Gasteiger partial charge on any atom is -0.309 e. The topological polar surface area (TPSA) is 64.0 Å². The van der Waals surface area contributed by atoms with Crippen LogP contribution in [0.25, 0.3) is 0 Å². The summed E-state index contributed by atoms with van der Waals surface area (Å²) in [6, 6.07) is 10.4. The van der Waals surface area contributed by atoms with Crippen LogP contribution in [-0.4, -0.2) is 21.5 Å². The van der Waals surface area contributed by atoms with E-state index in [2.05, 4.69) is 10.4 Å². The zero-order valence-electron chi connectivity index (χ0n) is 9.96. The summed E-state index contributed by atoms with van der Waals surface area (Å²) in [6.07, 6.45) is 1.54. The first-order chi connectivity index (χ1) is 8.65. The van der Waals surface area contributed by atoms with Gasteiger partial charge in [0.05, 0.1) is 6.42 Å². The summed E-state index contributed by atoms with van der Waals surface area (Å²) in [5.41, 5.74) is 0.536. The summed E-state index contributed by atoms with van der Waals surface area (Å²) in [5.74, 6) is -0.116. The van der Waals surface area contributed by atoms with E-state index in [4.69, 9.17) is 0 Å². The van der Waals surface area contributed by atoms with Crippen LogP contribution < -0.4 is 5.32 Å². The number of hydrogen-bond acceptors (Lipinski definition) is 3. The Bertz CT molecular complexity index is 561. The van der Waals surface area contributed by atoms with Gasteiger partial charge in [-0.2, -0.15) is 5.10 Å². The normalized spacial score (nSPS) is 10.1. The van der Waals surface area contributed by atoms with E-state index in [0.717, 1.165) is 0 Å². The number of aromatic nitrogens is 2. The van der Waals surface area contributed by atoms with Crippen molar-refractivity contribution in [3.8, 4) is 0 Å². The molecule has 0 bridgehead atoms. The number of Topliss-reactive ketones (excluding diaryl/α,β-unsaturated/α-hetero) is 1. The molecule has 0 fully saturated rings. The maximum absolute atomic E-state index is 11.8. The molecule has 1 aromatic heterocycles. The van der Waals surface area contributed by atoms with Gasteiger partial charge >= 0.3 is 0 Å². The molecule has 0 aliphatic carbocycles. The van der Waals surface area contributed by atoms with E-state index < -0.39 is 0 Å². The lowest BCUT2D eigenvalue weighted by Gasteiger charge is -2.01. The fraction of sp³-hybridized carbons (Fsp3) is 0.154. The standard InChI is InChI=1S/C13H13N3O2/c1-16-8-7-12(15-16)14-13(18)9-11(17)10-5-3-2-4-6-10/h2-8H,9H2,1H3,(H,14,15,18). The first-order valence-corrected chi connectivity index (χ1v) is 5.53. The Balaban J connectivity index is 1.94. The maximum Gasteiger partial charge on any atom is 0.233 e. The molecule has 0 atom stereocenters. The van der Waals surface area contributed by atoms with Crippen molar-refractivity contribution in [1.29, 1.82) is 0 Å². The molecule has 0 saturated carbocycles. The van der Waals surface area contributed by atoms with Gasteiger partial charge in [0.1, 0.15) is 0 Å². The van der Waals surface area contributed by atoms with Gasteiger partial charge in [-0.3, -0.25) is 14.3 Å². The third-order valence-corrected chi connectivity index (χ3v) is 2.40. The molecule has 2 aromatic rings. The van der Waals surface area contributed by atoms with Crippen LogP contribution in [0.15, 0.2) is 42.6 Å². The number of ketones is 1. The van der Waals surface area contributed by atoms with E-state index in [1.165, 1.54) is 0 Å². The minimum absolute atomic E-state index is 0.180. The largest absolute Gasteiger partial charge is 0.309 e. The lowest BCUT2D eigenvalue weighted by atomic mass is 10.1. The molecule has 0 spiro atoms. The van der Waals surface area contributed by atoms with Gasteiger partial charge in [0, 0.05) is 24.9 Å². The summed E-state index contributed by atoms with van der Waals surface area (Å²) in [7, 11) is 1.75. The first kappa shape index (κ1) is 12.0. The highest BCUT2D eigenvalue weighted by Gasteiger charge is 2.12. The molecule has 92 valence electrons. The molecule has 0 saturated heterocycles. The molecule has 1 N–H and O–H groups in total. The van der Waals surface area contributed by atoms with Gasteiger partial charge in [-0.15, -0.1) is 0 Å². The second-order valence-corrected chi connectivity index (χ2v) is 3.89. The first-order valence-electron chi connectivity index (χ1n) is 5.53. The van der Waals surface area contributed by atoms with Crippen molar-refractivity contribution >= 4 is 17.5 Å². The highest BCUT2D eigenvalue weighted by Crippen LogP contribution is 2.06. The smallest absolute Gasteiger partial charge is 0.233 e. The Morgan fingerprint density at radius 3 is 2.56 bits per heavy atom. The van der Waals surface area contributed by atoms with Crippen LogP contribution in [-0.2, 0) is 11.8 Å². The number of rotatable bonds is 4. The molecule has 0 unspecified atom stereocenters. The van der Waals surface area contributed by atoms with Crippen molar-refractivity contribution in [3.63, 3.8) is 0 Å². The zero-order chi connectivity index (χ0) is 13.0. The number of aryl methyl sites for hydroxylation is 1. The Morgan fingerprint density at radius 1 is 1.22 bits per heavy atom. The Morgan fingerprint density at radius 2 is 1.94 bits per heavy atom. The molecule has 5 nitrogen and oxygen atoms in total. The second kappa shape index (κ2) is 5.27. The summed E-state index contributed by atoms with van der Waals surface area (Å²) in [5, 5.41) is 6.58. The van der Waals surface area contributed by atoms with Gasteiger partial charge in [0.25, 0.3) is 0 Å². The van der Waals surface area contributed by atoms with Crippen molar-refractivity contribution in [2.24, 2.45) is 7.05 Å². The number of nitrogens with one attached hydrogen (secondary N) is 1. The van der Waals surface area contributed by atoms with Gasteiger partial charge in [-0.1, -0.05) is 30.3 Å². The molecule has 1 amide bonds. The molecule has 1 heterocycles. The number of nitrogens with zero attached hydrogens (tertiary/aromatic N) is 2. The van der Waals surface area contributed by atoms with E-state index in [9.17, 15) is 9.59 Å². The third kappa shape index (κ3) is 3.04. The van der Waals surface area contributed by atoms with Crippen molar-refractivity contribution < 1.29 is 9.59 Å². The SMILES string of the molecule is Cn1ccc(NC(=O)CC(=O)c2ccccc2)n1. The highest BCUT2D eigenvalue weighted by atomic mass is 16.2. The number of amides is 1. The van der Waals surface area contributed by atoms with Crippen molar-refractivity contribution in [2.45, 2.75) is 6.42 Å². The van der Waals surface area contributed by atoms with Crippen LogP contribution in [0.2, 0.25) is 0 Å². The molecule has 18 heavy (non-hydrogen) atoms. The molecule has 0 aliphatic heterocycles. The van der Waals surface area contributed by atoms with Crippen molar-refractivity contribution in [2.75, 3.05) is 5.32 Å². The Hall–Kier alpha value is -2.43. The fourth-order valence-corrected chi connectivity index (χ4v) is 1.54. The molecule has 0 aliphatic rings. The average Bonchev–Trinajstić information content (AvgIpc) is 2.75. The van der Waals surface area contributed by atoms with Crippen LogP contribution in [0.4, 0.5) is 5.82 Å². The highest BCUT2D eigenvalue weighted by molar-refractivity contribution is 6.10. The average molecular weight is 243 g/mol. The number of carbonyl (C=O) groups is 2. The predicted molar refractivity (Wildman–Crippen MR) is 67.2 cm³/mol. The Labute approximate surface area is 104 Å². The summed E-state index contributed by atoms with van der Waals surface area (Å²) in [6.45, 7) is 0. The summed E-state index contributed by atoms with van der Waals surface area (Å²) < 4.78 is 1.58. The third-order valence-electron chi connectivity index (χ3n) is 2.40. The molecular weight excluding hydrogens is 230 g/mol. The van der Waals surface area contributed by atoms with Gasteiger partial charge in [-0.25, -0.2) is 0 Å². The molecule has 0 radical (unpaired) electrons. The van der Waals surface area contributed by atoms with E-state index in [1.807, 2.05) is 6.07 Å². The van der Waals surface area contributed by atoms with Gasteiger partial charge in [-0.05, 0) is 0 Å². The van der Waals surface area contributed by atoms with Crippen LogP contribution in [0.5, 0.6) is 0 Å². The monoisotopic (exact) mass is 243 g/mol. The molecule has 5 heteroatoms. The minimum atomic E-state index is -0.359. The summed E-state index contributed by atoms with van der Waals surface area (Å²) in [4.78, 5) is 23.4. The number of benzene rings is 1. The van der Waals surface area contributed by atoms with Gasteiger partial charge in [0.15, 0.2) is 11.6 Å². The lowest BCUT2D eigenvalue weighted by molar-refractivity contribution is -0.115. The van der Waals surface area contributed by atoms with E-state index in [1.54, 1.807) is 48.3 Å². The predicted octanol–water partition coefficient (Wildman–Crippen LogP) is 1.63. The lowest BCUT2D eigenvalue weighted by Crippen LogP contribution is -2.17. The number of hydrogen-bond donors (Lipinski definition) is 1. The van der Waals surface area contributed by atoms with Crippen LogP contribution in [0.1, 0.15) is 16.8 Å². The van der Waals surface area contributed by atoms with E-state index in [0.29, 0.717) is 11.4 Å². The number of carbonyl (C=O) groups excluding carboxylic acids is 2. The van der Waals surface area contributed by atoms with E-state index >= 15 is 0 Å². The second-order valence-electron chi connectivity index (χ2n) is 3.89.